The second kappa shape index (κ2) is 5.29. The summed E-state index contributed by atoms with van der Waals surface area (Å²) in [7, 11) is -3.97. The van der Waals surface area contributed by atoms with Gasteiger partial charge in [-0.05, 0) is 31.2 Å². The van der Waals surface area contributed by atoms with E-state index in [2.05, 4.69) is 14.9 Å². The van der Waals surface area contributed by atoms with E-state index in [1.54, 1.807) is 12.1 Å². The summed E-state index contributed by atoms with van der Waals surface area (Å²) in [5.74, 6) is -1.41. The van der Waals surface area contributed by atoms with Gasteiger partial charge in [-0.2, -0.15) is 15.0 Å². The van der Waals surface area contributed by atoms with Crippen molar-refractivity contribution >= 4 is 21.7 Å². The predicted molar refractivity (Wildman–Crippen MR) is 71.0 cm³/mol. The molecule has 0 fully saturated rings. The first-order valence-electron chi connectivity index (χ1n) is 5.61. The summed E-state index contributed by atoms with van der Waals surface area (Å²) >= 11 is 0. The van der Waals surface area contributed by atoms with Crippen molar-refractivity contribution in [2.24, 2.45) is 0 Å². The number of aromatic nitrogens is 3. The number of rotatable bonds is 5. The smallest absolute Gasteiger partial charge is 0.323 e. The van der Waals surface area contributed by atoms with Gasteiger partial charge in [0.15, 0.2) is 5.25 Å². The van der Waals surface area contributed by atoms with Crippen molar-refractivity contribution in [3.8, 4) is 5.69 Å². The Hall–Kier alpha value is -2.42. The third-order valence-corrected chi connectivity index (χ3v) is 4.24. The molecule has 1 atom stereocenters. The Kier molecular flexibility index (Phi) is 3.70. The first kappa shape index (κ1) is 14.0. The van der Waals surface area contributed by atoms with E-state index in [0.29, 0.717) is 5.69 Å². The zero-order valence-corrected chi connectivity index (χ0v) is 11.3. The van der Waals surface area contributed by atoms with Gasteiger partial charge in [-0.25, -0.2) is 8.42 Å². The van der Waals surface area contributed by atoms with Crippen LogP contribution in [0.1, 0.15) is 6.92 Å². The quantitative estimate of drug-likeness (QED) is 0.829. The average molecular weight is 296 g/mol. The predicted octanol–water partition coefficient (Wildman–Crippen LogP) is 0.482. The molecule has 0 spiro atoms. The van der Waals surface area contributed by atoms with Crippen LogP contribution in [0.4, 0.5) is 5.69 Å². The number of carboxylic acid groups (broad SMARTS) is 1. The molecule has 0 saturated heterocycles. The highest BCUT2D eigenvalue weighted by Gasteiger charge is 2.27. The van der Waals surface area contributed by atoms with Crippen LogP contribution in [0.5, 0.6) is 0 Å². The molecule has 9 heteroatoms. The van der Waals surface area contributed by atoms with Crippen LogP contribution >= 0.6 is 0 Å². The molecule has 1 unspecified atom stereocenters. The van der Waals surface area contributed by atoms with Gasteiger partial charge < -0.3 is 5.11 Å². The van der Waals surface area contributed by atoms with E-state index in [1.165, 1.54) is 29.3 Å². The zero-order valence-electron chi connectivity index (χ0n) is 10.5. The summed E-state index contributed by atoms with van der Waals surface area (Å²) in [5.41, 5.74) is 0.929. The number of carboxylic acids is 1. The third kappa shape index (κ3) is 2.94. The summed E-state index contributed by atoms with van der Waals surface area (Å²) in [6, 6.07) is 6.24. The average Bonchev–Trinajstić information content (AvgIpc) is 2.92. The van der Waals surface area contributed by atoms with E-state index in [1.807, 2.05) is 0 Å². The highest BCUT2D eigenvalue weighted by atomic mass is 32.2. The summed E-state index contributed by atoms with van der Waals surface area (Å²) in [5, 5.41) is 15.1. The molecule has 2 aromatic rings. The van der Waals surface area contributed by atoms with Crippen LogP contribution in [0.2, 0.25) is 0 Å². The number of sulfonamides is 1. The van der Waals surface area contributed by atoms with Gasteiger partial charge in [-0.1, -0.05) is 0 Å². The van der Waals surface area contributed by atoms with Gasteiger partial charge in [0, 0.05) is 5.69 Å². The second-order valence-corrected chi connectivity index (χ2v) is 5.99. The van der Waals surface area contributed by atoms with E-state index < -0.39 is 21.2 Å². The number of nitrogens with one attached hydrogen (secondary N) is 1. The molecular formula is C11H12N4O4S. The molecule has 0 amide bonds. The normalized spacial score (nSPS) is 12.8. The number of hydrogen-bond donors (Lipinski definition) is 2. The number of hydrogen-bond acceptors (Lipinski definition) is 5. The molecule has 0 radical (unpaired) electrons. The van der Waals surface area contributed by atoms with Crippen LogP contribution in [0.3, 0.4) is 0 Å². The molecule has 106 valence electrons. The van der Waals surface area contributed by atoms with Gasteiger partial charge in [0.2, 0.25) is 10.0 Å². The highest BCUT2D eigenvalue weighted by molar-refractivity contribution is 7.94. The summed E-state index contributed by atoms with van der Waals surface area (Å²) < 4.78 is 25.7. The lowest BCUT2D eigenvalue weighted by atomic mass is 10.3. The number of nitrogens with zero attached hydrogens (tertiary/aromatic N) is 3. The number of benzene rings is 1. The van der Waals surface area contributed by atoms with E-state index in [-0.39, 0.29) is 5.69 Å². The van der Waals surface area contributed by atoms with E-state index in [0.717, 1.165) is 6.92 Å². The monoisotopic (exact) mass is 296 g/mol. The Morgan fingerprint density at radius 2 is 1.80 bits per heavy atom. The number of anilines is 1. The Labute approximate surface area is 115 Å². The van der Waals surface area contributed by atoms with Gasteiger partial charge in [-0.3, -0.25) is 9.52 Å². The van der Waals surface area contributed by atoms with Crippen LogP contribution < -0.4 is 4.72 Å². The number of aliphatic carboxylic acids is 1. The topological polar surface area (TPSA) is 114 Å². The largest absolute Gasteiger partial charge is 0.480 e. The zero-order chi connectivity index (χ0) is 14.8. The fourth-order valence-corrected chi connectivity index (χ4v) is 2.30. The fourth-order valence-electron chi connectivity index (χ4n) is 1.40. The molecule has 1 heterocycles. The summed E-state index contributed by atoms with van der Waals surface area (Å²) in [6.45, 7) is 1.10. The van der Waals surface area contributed by atoms with Gasteiger partial charge in [-0.15, -0.1) is 0 Å². The van der Waals surface area contributed by atoms with Gasteiger partial charge >= 0.3 is 5.97 Å². The molecule has 2 N–H and O–H groups in total. The first-order chi connectivity index (χ1) is 9.40. The molecule has 8 nitrogen and oxygen atoms in total. The maximum atomic E-state index is 11.7. The number of carbonyl (C=O) groups is 1. The van der Waals surface area contributed by atoms with E-state index in [4.69, 9.17) is 5.11 Å². The third-order valence-electron chi connectivity index (χ3n) is 2.59. The Morgan fingerprint density at radius 3 is 2.30 bits per heavy atom. The van der Waals surface area contributed by atoms with Gasteiger partial charge in [0.1, 0.15) is 0 Å². The van der Waals surface area contributed by atoms with Crippen LogP contribution in [0.15, 0.2) is 36.7 Å². The Morgan fingerprint density at radius 1 is 1.25 bits per heavy atom. The van der Waals surface area contributed by atoms with E-state index in [9.17, 15) is 13.2 Å². The van der Waals surface area contributed by atoms with Crippen molar-refractivity contribution in [3.05, 3.63) is 36.7 Å². The SMILES string of the molecule is CC(C(=O)O)S(=O)(=O)Nc1ccc(-n2nccn2)cc1. The summed E-state index contributed by atoms with van der Waals surface area (Å²) in [6.07, 6.45) is 3.04. The van der Waals surface area contributed by atoms with Crippen molar-refractivity contribution in [1.29, 1.82) is 0 Å². The molecule has 0 aliphatic carbocycles. The lowest BCUT2D eigenvalue weighted by molar-refractivity contribution is -0.136. The van der Waals surface area contributed by atoms with Crippen molar-refractivity contribution in [2.45, 2.75) is 12.2 Å². The molecule has 1 aromatic carbocycles. The van der Waals surface area contributed by atoms with Crippen LogP contribution in [0.25, 0.3) is 5.69 Å². The van der Waals surface area contributed by atoms with E-state index >= 15 is 0 Å². The maximum absolute atomic E-state index is 11.7. The Bertz CT molecular complexity index is 695. The van der Waals surface area contributed by atoms with Crippen LogP contribution in [-0.4, -0.2) is 39.7 Å². The minimum atomic E-state index is -3.97. The summed E-state index contributed by atoms with van der Waals surface area (Å²) in [4.78, 5) is 12.1. The first-order valence-corrected chi connectivity index (χ1v) is 7.16. The molecule has 1 aromatic heterocycles. The Balaban J connectivity index is 2.18. The lowest BCUT2D eigenvalue weighted by Gasteiger charge is -2.11. The highest BCUT2D eigenvalue weighted by Crippen LogP contribution is 2.15. The fraction of sp³-hybridized carbons (Fsp3) is 0.182. The van der Waals surface area contributed by atoms with Crippen molar-refractivity contribution < 1.29 is 18.3 Å². The standard InChI is InChI=1S/C11H12N4O4S/c1-8(11(16)17)20(18,19)14-9-2-4-10(5-3-9)15-12-6-7-13-15/h2-8,14H,1H3,(H,16,17). The van der Waals surface area contributed by atoms with Crippen LogP contribution in [-0.2, 0) is 14.8 Å². The molecule has 0 bridgehead atoms. The van der Waals surface area contributed by atoms with Gasteiger partial charge in [0.25, 0.3) is 0 Å². The molecule has 2 rings (SSSR count). The van der Waals surface area contributed by atoms with Crippen molar-refractivity contribution in [3.63, 3.8) is 0 Å². The molecule has 20 heavy (non-hydrogen) atoms. The van der Waals surface area contributed by atoms with Crippen LogP contribution in [0, 0.1) is 0 Å². The molecule has 0 saturated carbocycles. The maximum Gasteiger partial charge on any atom is 0.323 e. The minimum absolute atomic E-state index is 0.272. The minimum Gasteiger partial charge on any atom is -0.480 e. The van der Waals surface area contributed by atoms with Gasteiger partial charge in [0.05, 0.1) is 18.1 Å². The van der Waals surface area contributed by atoms with Crippen molar-refractivity contribution in [1.82, 2.24) is 15.0 Å². The second-order valence-electron chi connectivity index (χ2n) is 3.99. The molecular weight excluding hydrogens is 284 g/mol. The molecule has 0 aliphatic rings. The molecule has 0 aliphatic heterocycles. The lowest BCUT2D eigenvalue weighted by Crippen LogP contribution is -2.32. The van der Waals surface area contributed by atoms with Crippen molar-refractivity contribution in [2.75, 3.05) is 4.72 Å².